The lowest BCUT2D eigenvalue weighted by molar-refractivity contribution is 0.145. The van der Waals surface area contributed by atoms with Gasteiger partial charge in [-0.2, -0.15) is 0 Å². The van der Waals surface area contributed by atoms with Crippen LogP contribution in [-0.2, 0) is 0 Å². The molecule has 1 aromatic heterocycles. The fraction of sp³-hybridized carbons (Fsp3) is 0.222. The van der Waals surface area contributed by atoms with Crippen molar-refractivity contribution in [2.24, 2.45) is 0 Å². The molecule has 2 rings (SSSR count). The lowest BCUT2D eigenvalue weighted by Crippen LogP contribution is -2.06. The Morgan fingerprint density at radius 1 is 1.42 bits per heavy atom. The molecule has 0 aliphatic carbocycles. The van der Waals surface area contributed by atoms with Gasteiger partial charge in [0.1, 0.15) is 12.6 Å². The Bertz CT molecular complexity index is 406. The second-order valence-corrected chi connectivity index (χ2v) is 2.76. The van der Waals surface area contributed by atoms with Crippen molar-refractivity contribution in [3.05, 3.63) is 30.0 Å². The maximum absolute atomic E-state index is 5.01. The monoisotopic (exact) mass is 162 g/mol. The van der Waals surface area contributed by atoms with Gasteiger partial charge >= 0.3 is 0 Å². The summed E-state index contributed by atoms with van der Waals surface area (Å²) in [5, 5.41) is 5.16. The first-order valence-electron chi connectivity index (χ1n) is 3.80. The molecule has 2 aromatic rings. The predicted octanol–water partition coefficient (Wildman–Crippen LogP) is 1.40. The van der Waals surface area contributed by atoms with Crippen LogP contribution in [0.1, 0.15) is 5.56 Å². The summed E-state index contributed by atoms with van der Waals surface area (Å²) in [6, 6.07) is 6.12. The van der Waals surface area contributed by atoms with Crippen molar-refractivity contribution in [3.63, 3.8) is 0 Å². The van der Waals surface area contributed by atoms with E-state index >= 15 is 0 Å². The zero-order valence-corrected chi connectivity index (χ0v) is 7.11. The minimum atomic E-state index is 1.00. The van der Waals surface area contributed by atoms with Gasteiger partial charge in [-0.1, -0.05) is 16.5 Å². The minimum Gasteiger partial charge on any atom is -0.400 e. The number of hydrogen-bond acceptors (Lipinski definition) is 2. The van der Waals surface area contributed by atoms with Gasteiger partial charge in [-0.15, -0.1) is 5.10 Å². The van der Waals surface area contributed by atoms with Gasteiger partial charge in [0.15, 0.2) is 0 Å². The van der Waals surface area contributed by atoms with Crippen LogP contribution in [0.4, 0.5) is 0 Å². The van der Waals surface area contributed by atoms with Gasteiger partial charge in [-0.05, 0) is 19.1 Å². The molecular weight excluding hydrogens is 152 g/mol. The van der Waals surface area contributed by atoms with Crippen LogP contribution in [0, 0.1) is 6.92 Å². The molecule has 3 heteroatoms. The fourth-order valence-electron chi connectivity index (χ4n) is 1.27. The summed E-state index contributed by atoms with van der Waals surface area (Å²) in [5.41, 5.74) is 2.24. The maximum atomic E-state index is 5.01. The molecular formula is C9H10N2O. The topological polar surface area (TPSA) is 27.1 Å². The first kappa shape index (κ1) is 7.16. The molecule has 0 saturated heterocycles. The lowest BCUT2D eigenvalue weighted by atomic mass is 10.2. The normalized spacial score (nSPS) is 10.5. The number of aromatic nitrogens is 2. The van der Waals surface area contributed by atoms with E-state index in [4.69, 9.17) is 4.84 Å². The van der Waals surface area contributed by atoms with E-state index in [0.717, 1.165) is 10.9 Å². The summed E-state index contributed by atoms with van der Waals surface area (Å²) in [6.45, 7) is 2.06. The highest BCUT2D eigenvalue weighted by Gasteiger charge is 2.00. The summed E-state index contributed by atoms with van der Waals surface area (Å²) in [4.78, 5) is 6.52. The van der Waals surface area contributed by atoms with Crippen molar-refractivity contribution in [3.8, 4) is 0 Å². The number of benzene rings is 1. The SMILES string of the molecule is COn1ncc2cc(C)ccc21. The molecule has 0 amide bonds. The molecule has 0 unspecified atom stereocenters. The Balaban J connectivity index is 2.73. The molecule has 12 heavy (non-hydrogen) atoms. The number of hydrogen-bond donors (Lipinski definition) is 0. The standard InChI is InChI=1S/C9H10N2O/c1-7-3-4-9-8(5-7)6-10-11(9)12-2/h3-6H,1-2H3. The van der Waals surface area contributed by atoms with Gasteiger partial charge in [-0.25, -0.2) is 0 Å². The highest BCUT2D eigenvalue weighted by atomic mass is 16.7. The second-order valence-electron chi connectivity index (χ2n) is 2.76. The van der Waals surface area contributed by atoms with Gasteiger partial charge in [0.25, 0.3) is 0 Å². The van der Waals surface area contributed by atoms with Crippen LogP contribution in [0.3, 0.4) is 0 Å². The molecule has 0 atom stereocenters. The van der Waals surface area contributed by atoms with Gasteiger partial charge in [0.2, 0.25) is 0 Å². The molecule has 62 valence electrons. The summed E-state index contributed by atoms with van der Waals surface area (Å²) in [7, 11) is 1.60. The number of fused-ring (bicyclic) bond motifs is 1. The summed E-state index contributed by atoms with van der Waals surface area (Å²) < 4.78 is 0. The van der Waals surface area contributed by atoms with Crippen LogP contribution in [0.5, 0.6) is 0 Å². The van der Waals surface area contributed by atoms with Crippen molar-refractivity contribution < 1.29 is 4.84 Å². The predicted molar refractivity (Wildman–Crippen MR) is 47.0 cm³/mol. The van der Waals surface area contributed by atoms with E-state index < -0.39 is 0 Å². The van der Waals surface area contributed by atoms with Crippen LogP contribution < -0.4 is 4.84 Å². The zero-order chi connectivity index (χ0) is 8.55. The van der Waals surface area contributed by atoms with E-state index in [2.05, 4.69) is 18.1 Å². The van der Waals surface area contributed by atoms with E-state index in [1.165, 1.54) is 10.4 Å². The summed E-state index contributed by atoms with van der Waals surface area (Å²) in [5.74, 6) is 0. The average Bonchev–Trinajstić information content (AvgIpc) is 2.46. The molecule has 0 radical (unpaired) electrons. The summed E-state index contributed by atoms with van der Waals surface area (Å²) in [6.07, 6.45) is 1.80. The summed E-state index contributed by atoms with van der Waals surface area (Å²) >= 11 is 0. The minimum absolute atomic E-state index is 1.00. The largest absolute Gasteiger partial charge is 0.400 e. The highest BCUT2D eigenvalue weighted by Crippen LogP contribution is 2.13. The smallest absolute Gasteiger partial charge is 0.110 e. The fourth-order valence-corrected chi connectivity index (χ4v) is 1.27. The average molecular weight is 162 g/mol. The van der Waals surface area contributed by atoms with Crippen molar-refractivity contribution >= 4 is 10.9 Å². The molecule has 1 heterocycles. The van der Waals surface area contributed by atoms with Crippen molar-refractivity contribution in [2.75, 3.05) is 7.11 Å². The Labute approximate surface area is 70.5 Å². The number of aryl methyl sites for hydroxylation is 1. The molecule has 1 aromatic carbocycles. The molecule has 0 saturated carbocycles. The third kappa shape index (κ3) is 0.942. The first-order chi connectivity index (χ1) is 5.81. The van der Waals surface area contributed by atoms with E-state index in [1.807, 2.05) is 12.1 Å². The van der Waals surface area contributed by atoms with Gasteiger partial charge in [-0.3, -0.25) is 0 Å². The molecule has 0 spiro atoms. The quantitative estimate of drug-likeness (QED) is 0.633. The first-order valence-corrected chi connectivity index (χ1v) is 3.80. The van der Waals surface area contributed by atoms with E-state index in [-0.39, 0.29) is 0 Å². The third-order valence-electron chi connectivity index (χ3n) is 1.86. The molecule has 0 bridgehead atoms. The molecule has 0 aliphatic rings. The van der Waals surface area contributed by atoms with Crippen LogP contribution in [0.15, 0.2) is 24.4 Å². The Morgan fingerprint density at radius 3 is 3.00 bits per heavy atom. The number of rotatable bonds is 1. The van der Waals surface area contributed by atoms with Gasteiger partial charge in [0.05, 0.1) is 6.20 Å². The molecule has 0 fully saturated rings. The second kappa shape index (κ2) is 2.52. The zero-order valence-electron chi connectivity index (χ0n) is 7.11. The van der Waals surface area contributed by atoms with Gasteiger partial charge in [0, 0.05) is 5.39 Å². The van der Waals surface area contributed by atoms with Crippen molar-refractivity contribution in [1.29, 1.82) is 0 Å². The van der Waals surface area contributed by atoms with E-state index in [9.17, 15) is 0 Å². The Kier molecular flexibility index (Phi) is 1.50. The van der Waals surface area contributed by atoms with E-state index in [0.29, 0.717) is 0 Å². The van der Waals surface area contributed by atoms with Crippen LogP contribution in [-0.4, -0.2) is 17.1 Å². The van der Waals surface area contributed by atoms with Crippen LogP contribution in [0.2, 0.25) is 0 Å². The Hall–Kier alpha value is -1.51. The van der Waals surface area contributed by atoms with Crippen LogP contribution >= 0.6 is 0 Å². The Morgan fingerprint density at radius 2 is 2.25 bits per heavy atom. The maximum Gasteiger partial charge on any atom is 0.110 e. The molecule has 3 nitrogen and oxygen atoms in total. The van der Waals surface area contributed by atoms with Gasteiger partial charge < -0.3 is 4.84 Å². The number of nitrogens with zero attached hydrogens (tertiary/aromatic N) is 2. The van der Waals surface area contributed by atoms with Crippen molar-refractivity contribution in [2.45, 2.75) is 6.92 Å². The lowest BCUT2D eigenvalue weighted by Gasteiger charge is -1.98. The van der Waals surface area contributed by atoms with Crippen LogP contribution in [0.25, 0.3) is 10.9 Å². The third-order valence-corrected chi connectivity index (χ3v) is 1.86. The molecule has 0 aliphatic heterocycles. The molecule has 0 N–H and O–H groups in total. The highest BCUT2D eigenvalue weighted by molar-refractivity contribution is 5.78. The van der Waals surface area contributed by atoms with E-state index in [1.54, 1.807) is 13.3 Å². The van der Waals surface area contributed by atoms with Crippen molar-refractivity contribution in [1.82, 2.24) is 9.94 Å².